The molecule has 0 aliphatic heterocycles. The molecule has 0 radical (unpaired) electrons. The highest BCUT2D eigenvalue weighted by molar-refractivity contribution is 6.31. The second-order valence-electron chi connectivity index (χ2n) is 5.09. The van der Waals surface area contributed by atoms with E-state index in [1.54, 1.807) is 18.3 Å². The van der Waals surface area contributed by atoms with Crippen molar-refractivity contribution in [1.82, 2.24) is 14.6 Å². The van der Waals surface area contributed by atoms with Gasteiger partial charge in [0.1, 0.15) is 17.4 Å². The van der Waals surface area contributed by atoms with Crippen molar-refractivity contribution < 1.29 is 0 Å². The van der Waals surface area contributed by atoms with Gasteiger partial charge in [-0.2, -0.15) is 9.78 Å². The normalized spacial score (nSPS) is 11.7. The number of aromatic amines is 1. The highest BCUT2D eigenvalue weighted by atomic mass is 35.5. The molecule has 112 valence electrons. The molecule has 0 fully saturated rings. The summed E-state index contributed by atoms with van der Waals surface area (Å²) >= 11 is 6.02. The number of benzene rings is 2. The quantitative estimate of drug-likeness (QED) is 0.575. The molecule has 0 saturated heterocycles. The first-order valence-corrected chi connectivity index (χ1v) is 7.38. The minimum atomic E-state index is -0.255. The van der Waals surface area contributed by atoms with Crippen molar-refractivity contribution in [1.29, 1.82) is 0 Å². The predicted molar refractivity (Wildman–Crippen MR) is 92.3 cm³/mol. The lowest BCUT2D eigenvalue weighted by Gasteiger charge is -1.97. The highest BCUT2D eigenvalue weighted by Gasteiger charge is 2.10. The number of fused-ring (bicyclic) bond motifs is 3. The second kappa shape index (κ2) is 5.37. The first-order chi connectivity index (χ1) is 11.2. The van der Waals surface area contributed by atoms with E-state index >= 15 is 0 Å². The van der Waals surface area contributed by atoms with E-state index in [1.165, 1.54) is 11.0 Å². The Morgan fingerprint density at radius 2 is 2.00 bits per heavy atom. The van der Waals surface area contributed by atoms with Crippen LogP contribution in [-0.4, -0.2) is 20.9 Å². The van der Waals surface area contributed by atoms with Crippen LogP contribution in [0, 0.1) is 0 Å². The molecule has 23 heavy (non-hydrogen) atoms. The third kappa shape index (κ3) is 2.41. The van der Waals surface area contributed by atoms with E-state index in [4.69, 9.17) is 11.6 Å². The van der Waals surface area contributed by atoms with Gasteiger partial charge in [-0.05, 0) is 23.8 Å². The molecule has 1 N–H and O–H groups in total. The van der Waals surface area contributed by atoms with Crippen LogP contribution in [0.4, 0.5) is 0 Å². The molecule has 0 atom stereocenters. The maximum Gasteiger partial charge on any atom is 0.298 e. The lowest BCUT2D eigenvalue weighted by atomic mass is 10.2. The van der Waals surface area contributed by atoms with Crippen LogP contribution >= 0.6 is 11.6 Å². The minimum Gasteiger partial charge on any atom is -0.349 e. The molecular weight excluding hydrogens is 312 g/mol. The Kier molecular flexibility index (Phi) is 3.20. The van der Waals surface area contributed by atoms with Gasteiger partial charge < -0.3 is 4.98 Å². The zero-order valence-electron chi connectivity index (χ0n) is 11.9. The molecule has 4 aromatic rings. The lowest BCUT2D eigenvalue weighted by Crippen LogP contribution is -2.17. The molecule has 0 spiro atoms. The summed E-state index contributed by atoms with van der Waals surface area (Å²) in [6.45, 7) is 0. The van der Waals surface area contributed by atoms with Gasteiger partial charge in [0.25, 0.3) is 5.56 Å². The van der Waals surface area contributed by atoms with Gasteiger partial charge in [0, 0.05) is 15.9 Å². The van der Waals surface area contributed by atoms with Crippen molar-refractivity contribution in [3.05, 3.63) is 75.8 Å². The largest absolute Gasteiger partial charge is 0.349 e. The van der Waals surface area contributed by atoms with Crippen LogP contribution in [0.3, 0.4) is 0 Å². The first-order valence-electron chi connectivity index (χ1n) is 7.00. The number of H-pyrrole nitrogens is 1. The van der Waals surface area contributed by atoms with Crippen molar-refractivity contribution in [2.75, 3.05) is 0 Å². The molecule has 2 aromatic heterocycles. The van der Waals surface area contributed by atoms with Crippen LogP contribution in [-0.2, 0) is 0 Å². The van der Waals surface area contributed by atoms with E-state index < -0.39 is 0 Å². The summed E-state index contributed by atoms with van der Waals surface area (Å²) in [5.41, 5.74) is 2.48. The Balaban J connectivity index is 1.87. The number of aromatic nitrogens is 3. The minimum absolute atomic E-state index is 0.255. The van der Waals surface area contributed by atoms with Crippen LogP contribution in [0.1, 0.15) is 5.56 Å². The van der Waals surface area contributed by atoms with Gasteiger partial charge in [-0.1, -0.05) is 41.9 Å². The smallest absolute Gasteiger partial charge is 0.298 e. The Hall–Kier alpha value is -2.92. The molecule has 4 rings (SSSR count). The number of nitrogens with one attached hydrogen (secondary N) is 1. The number of halogens is 1. The maximum atomic E-state index is 12.5. The second-order valence-corrected chi connectivity index (χ2v) is 5.52. The third-order valence-corrected chi connectivity index (χ3v) is 3.82. The maximum absolute atomic E-state index is 12.5. The van der Waals surface area contributed by atoms with Crippen molar-refractivity contribution >= 4 is 39.8 Å². The summed E-state index contributed by atoms with van der Waals surface area (Å²) in [6, 6.07) is 14.9. The standard InChI is InChI=1S/C17H11ClN4O/c18-12-6-7-14-13(8-12)15-16(21-14)17(23)22(10-19-15)20-9-11-4-2-1-3-5-11/h1-10,21H. The topological polar surface area (TPSA) is 63.0 Å². The van der Waals surface area contributed by atoms with Gasteiger partial charge in [-0.3, -0.25) is 4.79 Å². The fourth-order valence-electron chi connectivity index (χ4n) is 2.47. The van der Waals surface area contributed by atoms with E-state index in [9.17, 15) is 4.79 Å². The van der Waals surface area contributed by atoms with Crippen molar-refractivity contribution in [3.63, 3.8) is 0 Å². The van der Waals surface area contributed by atoms with E-state index in [0.29, 0.717) is 16.1 Å². The van der Waals surface area contributed by atoms with E-state index in [2.05, 4.69) is 15.1 Å². The highest BCUT2D eigenvalue weighted by Crippen LogP contribution is 2.24. The molecule has 0 aliphatic carbocycles. The molecule has 0 bridgehead atoms. The summed E-state index contributed by atoms with van der Waals surface area (Å²) in [4.78, 5) is 20.0. The predicted octanol–water partition coefficient (Wildman–Crippen LogP) is 3.41. The van der Waals surface area contributed by atoms with Crippen LogP contribution in [0.5, 0.6) is 0 Å². The molecule has 0 aliphatic rings. The molecule has 0 unspecified atom stereocenters. The zero-order chi connectivity index (χ0) is 15.8. The molecular formula is C17H11ClN4O. The summed E-state index contributed by atoms with van der Waals surface area (Å²) in [5.74, 6) is 0. The summed E-state index contributed by atoms with van der Waals surface area (Å²) in [6.07, 6.45) is 3.03. The Labute approximate surface area is 135 Å². The Morgan fingerprint density at radius 1 is 1.17 bits per heavy atom. The molecule has 0 amide bonds. The van der Waals surface area contributed by atoms with E-state index in [0.717, 1.165) is 16.5 Å². The van der Waals surface area contributed by atoms with Crippen LogP contribution in [0.2, 0.25) is 5.02 Å². The Bertz CT molecular complexity index is 1100. The van der Waals surface area contributed by atoms with Gasteiger partial charge in [0.05, 0.1) is 6.21 Å². The lowest BCUT2D eigenvalue weighted by molar-refractivity contribution is 0.815. The number of hydrogen-bond acceptors (Lipinski definition) is 3. The molecule has 2 heterocycles. The molecule has 6 heteroatoms. The average Bonchev–Trinajstić information content (AvgIpc) is 2.94. The van der Waals surface area contributed by atoms with E-state index in [-0.39, 0.29) is 5.56 Å². The van der Waals surface area contributed by atoms with Gasteiger partial charge in [-0.15, -0.1) is 0 Å². The van der Waals surface area contributed by atoms with Gasteiger partial charge in [0.15, 0.2) is 0 Å². The first kappa shape index (κ1) is 13.7. The van der Waals surface area contributed by atoms with Gasteiger partial charge in [0.2, 0.25) is 0 Å². The summed E-state index contributed by atoms with van der Waals surface area (Å²) in [5, 5.41) is 5.61. The third-order valence-electron chi connectivity index (χ3n) is 3.58. The average molecular weight is 323 g/mol. The molecule has 5 nitrogen and oxygen atoms in total. The van der Waals surface area contributed by atoms with E-state index in [1.807, 2.05) is 36.4 Å². The fourth-order valence-corrected chi connectivity index (χ4v) is 2.64. The van der Waals surface area contributed by atoms with Gasteiger partial charge in [-0.25, -0.2) is 4.98 Å². The molecule has 2 aromatic carbocycles. The summed E-state index contributed by atoms with van der Waals surface area (Å²) < 4.78 is 1.21. The van der Waals surface area contributed by atoms with Crippen LogP contribution in [0.25, 0.3) is 21.9 Å². The van der Waals surface area contributed by atoms with Gasteiger partial charge >= 0.3 is 0 Å². The SMILES string of the molecule is O=c1c2[nH]c3ccc(Cl)cc3c2ncn1N=Cc1ccccc1. The Morgan fingerprint density at radius 3 is 2.83 bits per heavy atom. The number of hydrogen-bond donors (Lipinski definition) is 1. The number of rotatable bonds is 2. The summed E-state index contributed by atoms with van der Waals surface area (Å²) in [7, 11) is 0. The van der Waals surface area contributed by atoms with Crippen molar-refractivity contribution in [3.8, 4) is 0 Å². The molecule has 0 saturated carbocycles. The monoisotopic (exact) mass is 322 g/mol. The zero-order valence-corrected chi connectivity index (χ0v) is 12.7. The van der Waals surface area contributed by atoms with Crippen LogP contribution in [0.15, 0.2) is 64.8 Å². The fraction of sp³-hybridized carbons (Fsp3) is 0. The van der Waals surface area contributed by atoms with Crippen LogP contribution < -0.4 is 5.56 Å². The number of nitrogens with zero attached hydrogens (tertiary/aromatic N) is 3. The van der Waals surface area contributed by atoms with Crippen molar-refractivity contribution in [2.24, 2.45) is 5.10 Å². The van der Waals surface area contributed by atoms with Crippen molar-refractivity contribution in [2.45, 2.75) is 0 Å².